The highest BCUT2D eigenvalue weighted by Gasteiger charge is 2.20. The van der Waals surface area contributed by atoms with Gasteiger partial charge in [-0.2, -0.15) is 0 Å². The lowest BCUT2D eigenvalue weighted by Crippen LogP contribution is -2.15. The van der Waals surface area contributed by atoms with Gasteiger partial charge in [0, 0.05) is 20.9 Å². The molecule has 0 bridgehead atoms. The number of anilines is 2. The monoisotopic (exact) mass is 532 g/mol. The van der Waals surface area contributed by atoms with Gasteiger partial charge in [-0.3, -0.25) is 9.59 Å². The van der Waals surface area contributed by atoms with E-state index in [1.165, 1.54) is 0 Å². The van der Waals surface area contributed by atoms with Crippen LogP contribution in [-0.4, -0.2) is 11.8 Å². The second-order valence-corrected chi connectivity index (χ2v) is 10.5. The molecule has 0 fully saturated rings. The maximum absolute atomic E-state index is 13.1. The predicted octanol–water partition coefficient (Wildman–Crippen LogP) is 8.49. The van der Waals surface area contributed by atoms with Crippen LogP contribution in [0.15, 0.2) is 153 Å². The summed E-state index contributed by atoms with van der Waals surface area (Å²) < 4.78 is 0. The first kappa shape index (κ1) is 25.4. The summed E-state index contributed by atoms with van der Waals surface area (Å²) >= 11 is 3.09. The summed E-state index contributed by atoms with van der Waals surface area (Å²) in [6.45, 7) is 0. The van der Waals surface area contributed by atoms with Crippen LogP contribution in [-0.2, 0) is 0 Å². The number of nitrogens with one attached hydrogen (secondary N) is 2. The lowest BCUT2D eigenvalue weighted by Gasteiger charge is -2.19. The van der Waals surface area contributed by atoms with Crippen LogP contribution in [0.5, 0.6) is 0 Å². The molecule has 0 heterocycles. The van der Waals surface area contributed by atoms with Crippen LogP contribution in [0, 0.1) is 0 Å². The molecule has 6 heteroatoms. The minimum absolute atomic E-state index is 0.197. The lowest BCUT2D eigenvalue weighted by atomic mass is 10.2. The van der Waals surface area contributed by atoms with Gasteiger partial charge in [-0.1, -0.05) is 96.3 Å². The van der Waals surface area contributed by atoms with Crippen molar-refractivity contribution < 1.29 is 9.59 Å². The third-order valence-corrected chi connectivity index (χ3v) is 8.01. The molecule has 2 N–H and O–H groups in total. The molecule has 0 aliphatic heterocycles. The zero-order valence-electron chi connectivity index (χ0n) is 20.3. The molecule has 4 nitrogen and oxygen atoms in total. The van der Waals surface area contributed by atoms with Gasteiger partial charge >= 0.3 is 0 Å². The summed E-state index contributed by atoms with van der Waals surface area (Å²) in [5.41, 5.74) is 2.48. The Morgan fingerprint density at radius 1 is 0.421 bits per heavy atom. The minimum Gasteiger partial charge on any atom is -0.321 e. The number of hydrogen-bond acceptors (Lipinski definition) is 4. The Kier molecular flexibility index (Phi) is 8.23. The van der Waals surface area contributed by atoms with E-state index in [-0.39, 0.29) is 11.8 Å². The summed E-state index contributed by atoms with van der Waals surface area (Å²) in [4.78, 5) is 30.0. The molecule has 5 aromatic rings. The molecule has 5 rings (SSSR count). The summed E-state index contributed by atoms with van der Waals surface area (Å²) in [5, 5.41) is 6.20. The van der Waals surface area contributed by atoms with Crippen LogP contribution >= 0.6 is 23.5 Å². The molecule has 0 aliphatic rings. The molecule has 0 atom stereocenters. The van der Waals surface area contributed by atoms with Crippen molar-refractivity contribution in [2.45, 2.75) is 19.6 Å². The van der Waals surface area contributed by atoms with Crippen molar-refractivity contribution in [3.05, 3.63) is 145 Å². The highest BCUT2D eigenvalue weighted by molar-refractivity contribution is 8.02. The van der Waals surface area contributed by atoms with Crippen molar-refractivity contribution in [1.82, 2.24) is 0 Å². The number of benzene rings is 5. The van der Waals surface area contributed by atoms with Crippen molar-refractivity contribution in [1.29, 1.82) is 0 Å². The van der Waals surface area contributed by atoms with Crippen LogP contribution in [0.2, 0.25) is 0 Å². The highest BCUT2D eigenvalue weighted by Crippen LogP contribution is 2.47. The van der Waals surface area contributed by atoms with Crippen molar-refractivity contribution in [2.24, 2.45) is 0 Å². The Bertz CT molecular complexity index is 1410. The van der Waals surface area contributed by atoms with E-state index in [0.717, 1.165) is 19.6 Å². The summed E-state index contributed by atoms with van der Waals surface area (Å²) in [6, 6.07) is 41.9. The Balaban J connectivity index is 1.60. The zero-order valence-corrected chi connectivity index (χ0v) is 22.0. The lowest BCUT2D eigenvalue weighted by molar-refractivity contribution is 0.101. The fourth-order valence-electron chi connectivity index (χ4n) is 3.74. The van der Waals surface area contributed by atoms with Gasteiger partial charge in [0.15, 0.2) is 0 Å². The predicted molar refractivity (Wildman–Crippen MR) is 156 cm³/mol. The molecule has 2 amide bonds. The molecule has 0 saturated heterocycles. The minimum atomic E-state index is -0.197. The normalized spacial score (nSPS) is 10.5. The third kappa shape index (κ3) is 6.35. The number of carbonyl (C=O) groups is 2. The van der Waals surface area contributed by atoms with Crippen molar-refractivity contribution >= 4 is 46.7 Å². The SMILES string of the molecule is O=C(Nc1ccc(NC(=O)c2ccccc2)c(Sc2ccccc2)c1Sc1ccccc1)c1ccccc1. The molecular formula is C32H24N2O2S2. The number of rotatable bonds is 8. The fourth-order valence-corrected chi connectivity index (χ4v) is 5.91. The molecule has 5 aromatic carbocycles. The zero-order chi connectivity index (χ0) is 26.2. The Morgan fingerprint density at radius 2 is 0.737 bits per heavy atom. The van der Waals surface area contributed by atoms with Crippen molar-refractivity contribution in [3.63, 3.8) is 0 Å². The van der Waals surface area contributed by atoms with E-state index in [1.54, 1.807) is 47.8 Å². The van der Waals surface area contributed by atoms with E-state index in [2.05, 4.69) is 10.6 Å². The number of amides is 2. The van der Waals surface area contributed by atoms with Crippen LogP contribution < -0.4 is 10.6 Å². The van der Waals surface area contributed by atoms with Crippen LogP contribution in [0.4, 0.5) is 11.4 Å². The van der Waals surface area contributed by atoms with Gasteiger partial charge in [-0.15, -0.1) is 0 Å². The molecule has 0 saturated carbocycles. The highest BCUT2D eigenvalue weighted by atomic mass is 32.2. The van der Waals surface area contributed by atoms with Crippen LogP contribution in [0.1, 0.15) is 20.7 Å². The van der Waals surface area contributed by atoms with E-state index >= 15 is 0 Å². The molecule has 186 valence electrons. The molecule has 0 unspecified atom stereocenters. The smallest absolute Gasteiger partial charge is 0.255 e. The van der Waals surface area contributed by atoms with E-state index in [9.17, 15) is 9.59 Å². The molecule has 0 radical (unpaired) electrons. The van der Waals surface area contributed by atoms with Gasteiger partial charge in [-0.05, 0) is 60.7 Å². The summed E-state index contributed by atoms with van der Waals surface area (Å²) in [7, 11) is 0. The summed E-state index contributed by atoms with van der Waals surface area (Å²) in [5.74, 6) is -0.394. The largest absolute Gasteiger partial charge is 0.321 e. The van der Waals surface area contributed by atoms with E-state index in [1.807, 2.05) is 109 Å². The second-order valence-electron chi connectivity index (χ2n) is 8.29. The van der Waals surface area contributed by atoms with Gasteiger partial charge in [0.1, 0.15) is 0 Å². The van der Waals surface area contributed by atoms with Crippen LogP contribution in [0.3, 0.4) is 0 Å². The van der Waals surface area contributed by atoms with Gasteiger partial charge < -0.3 is 10.6 Å². The summed E-state index contributed by atoms with van der Waals surface area (Å²) in [6.07, 6.45) is 0. The second kappa shape index (κ2) is 12.3. The van der Waals surface area contributed by atoms with Gasteiger partial charge in [0.25, 0.3) is 11.8 Å². The Morgan fingerprint density at radius 3 is 1.08 bits per heavy atom. The standard InChI is InChI=1S/C32H24N2O2S2/c35-31(23-13-5-1-6-14-23)33-27-21-22-28(34-32(36)24-15-7-2-8-16-24)30(38-26-19-11-4-12-20-26)29(27)37-25-17-9-3-10-18-25/h1-22H,(H,33,35)(H,34,36). The molecule has 0 aliphatic carbocycles. The number of hydrogen-bond donors (Lipinski definition) is 2. The Hall–Kier alpha value is -4.26. The quantitative estimate of drug-likeness (QED) is 0.210. The first-order chi connectivity index (χ1) is 18.7. The maximum Gasteiger partial charge on any atom is 0.255 e. The first-order valence-electron chi connectivity index (χ1n) is 12.0. The van der Waals surface area contributed by atoms with Gasteiger partial charge in [0.2, 0.25) is 0 Å². The van der Waals surface area contributed by atoms with Crippen molar-refractivity contribution in [2.75, 3.05) is 10.6 Å². The van der Waals surface area contributed by atoms with Crippen LogP contribution in [0.25, 0.3) is 0 Å². The topological polar surface area (TPSA) is 58.2 Å². The third-order valence-electron chi connectivity index (χ3n) is 5.61. The molecule has 38 heavy (non-hydrogen) atoms. The maximum atomic E-state index is 13.1. The molecule has 0 aromatic heterocycles. The van der Waals surface area contributed by atoms with Crippen molar-refractivity contribution in [3.8, 4) is 0 Å². The van der Waals surface area contributed by atoms with E-state index in [0.29, 0.717) is 22.5 Å². The van der Waals surface area contributed by atoms with E-state index in [4.69, 9.17) is 0 Å². The van der Waals surface area contributed by atoms with Gasteiger partial charge in [0.05, 0.1) is 21.2 Å². The average Bonchev–Trinajstić information content (AvgIpc) is 2.98. The molecular weight excluding hydrogens is 508 g/mol. The fraction of sp³-hybridized carbons (Fsp3) is 0. The number of carbonyl (C=O) groups excluding carboxylic acids is 2. The first-order valence-corrected chi connectivity index (χ1v) is 13.7. The van der Waals surface area contributed by atoms with E-state index < -0.39 is 0 Å². The Labute approximate surface area is 230 Å². The van der Waals surface area contributed by atoms with Gasteiger partial charge in [-0.25, -0.2) is 0 Å². The molecule has 0 spiro atoms. The average molecular weight is 533 g/mol.